The predicted octanol–water partition coefficient (Wildman–Crippen LogP) is 2.06. The summed E-state index contributed by atoms with van der Waals surface area (Å²) in [6, 6.07) is 2.30. The van der Waals surface area contributed by atoms with Crippen molar-refractivity contribution in [3.05, 3.63) is 16.3 Å². The number of rotatable bonds is 5. The number of hydrogen-bond donors (Lipinski definition) is 2. The molecule has 1 rings (SSSR count). The van der Waals surface area contributed by atoms with Crippen LogP contribution in [-0.2, 0) is 0 Å². The summed E-state index contributed by atoms with van der Waals surface area (Å²) in [5, 5.41) is 2.00. The summed E-state index contributed by atoms with van der Waals surface area (Å²) in [6.45, 7) is 2.15. The molecule has 0 saturated heterocycles. The molecule has 0 bridgehead atoms. The summed E-state index contributed by atoms with van der Waals surface area (Å²) in [7, 11) is 1.68. The minimum Gasteiger partial charge on any atom is -0.496 e. The van der Waals surface area contributed by atoms with Crippen LogP contribution in [0.2, 0.25) is 0 Å². The monoisotopic (exact) mass is 200 g/mol. The SMILES string of the molecule is CCCC(NN)c1cc(OC)cs1. The molecule has 0 amide bonds. The van der Waals surface area contributed by atoms with E-state index >= 15 is 0 Å². The first-order valence-corrected chi connectivity index (χ1v) is 5.28. The molecule has 0 spiro atoms. The summed E-state index contributed by atoms with van der Waals surface area (Å²) in [5.74, 6) is 6.37. The molecule has 0 radical (unpaired) electrons. The van der Waals surface area contributed by atoms with Crippen LogP contribution in [-0.4, -0.2) is 7.11 Å². The van der Waals surface area contributed by atoms with Gasteiger partial charge in [-0.05, 0) is 12.5 Å². The molecular weight excluding hydrogens is 184 g/mol. The lowest BCUT2D eigenvalue weighted by molar-refractivity contribution is 0.415. The van der Waals surface area contributed by atoms with E-state index in [9.17, 15) is 0 Å². The molecule has 0 aliphatic heterocycles. The first-order chi connectivity index (χ1) is 6.31. The summed E-state index contributed by atoms with van der Waals surface area (Å²) in [4.78, 5) is 1.24. The van der Waals surface area contributed by atoms with Crippen molar-refractivity contribution < 1.29 is 4.74 Å². The zero-order valence-corrected chi connectivity index (χ0v) is 8.86. The maximum absolute atomic E-state index is 5.46. The number of hydrogen-bond acceptors (Lipinski definition) is 4. The van der Waals surface area contributed by atoms with Gasteiger partial charge in [-0.1, -0.05) is 13.3 Å². The zero-order chi connectivity index (χ0) is 9.68. The molecule has 74 valence electrons. The maximum atomic E-state index is 5.46. The highest BCUT2D eigenvalue weighted by Crippen LogP contribution is 2.28. The van der Waals surface area contributed by atoms with E-state index in [0.29, 0.717) is 0 Å². The van der Waals surface area contributed by atoms with Crippen LogP contribution in [0, 0.1) is 0 Å². The van der Waals surface area contributed by atoms with Crippen molar-refractivity contribution >= 4 is 11.3 Å². The number of ether oxygens (including phenoxy) is 1. The Hall–Kier alpha value is -0.580. The molecule has 3 nitrogen and oxygen atoms in total. The number of methoxy groups -OCH3 is 1. The van der Waals surface area contributed by atoms with Crippen LogP contribution >= 0.6 is 11.3 Å². The Balaban J connectivity index is 2.67. The lowest BCUT2D eigenvalue weighted by Crippen LogP contribution is -2.27. The molecular formula is C9H16N2OS. The normalized spacial score (nSPS) is 12.8. The third kappa shape index (κ3) is 2.69. The van der Waals surface area contributed by atoms with E-state index in [2.05, 4.69) is 12.3 Å². The van der Waals surface area contributed by atoms with E-state index in [4.69, 9.17) is 10.6 Å². The second-order valence-electron chi connectivity index (χ2n) is 2.90. The van der Waals surface area contributed by atoms with Gasteiger partial charge < -0.3 is 4.74 Å². The lowest BCUT2D eigenvalue weighted by atomic mass is 10.1. The van der Waals surface area contributed by atoms with Gasteiger partial charge in [-0.3, -0.25) is 11.3 Å². The van der Waals surface area contributed by atoms with E-state index in [-0.39, 0.29) is 6.04 Å². The smallest absolute Gasteiger partial charge is 0.129 e. The molecule has 4 heteroatoms. The van der Waals surface area contributed by atoms with Crippen molar-refractivity contribution in [3.8, 4) is 5.75 Å². The fourth-order valence-corrected chi connectivity index (χ4v) is 2.17. The van der Waals surface area contributed by atoms with Gasteiger partial charge in [-0.15, -0.1) is 11.3 Å². The van der Waals surface area contributed by atoms with Gasteiger partial charge in [-0.25, -0.2) is 0 Å². The van der Waals surface area contributed by atoms with Gasteiger partial charge in [0.05, 0.1) is 13.2 Å². The molecule has 3 N–H and O–H groups in total. The first-order valence-electron chi connectivity index (χ1n) is 4.40. The van der Waals surface area contributed by atoms with Crippen molar-refractivity contribution in [1.29, 1.82) is 0 Å². The fraction of sp³-hybridized carbons (Fsp3) is 0.556. The van der Waals surface area contributed by atoms with Gasteiger partial charge in [0.1, 0.15) is 5.75 Å². The average molecular weight is 200 g/mol. The van der Waals surface area contributed by atoms with Gasteiger partial charge in [0.25, 0.3) is 0 Å². The quantitative estimate of drug-likeness (QED) is 0.565. The van der Waals surface area contributed by atoms with E-state index in [0.717, 1.165) is 18.6 Å². The molecule has 0 aromatic carbocycles. The molecule has 1 heterocycles. The summed E-state index contributed by atoms with van der Waals surface area (Å²) in [6.07, 6.45) is 2.18. The van der Waals surface area contributed by atoms with Gasteiger partial charge >= 0.3 is 0 Å². The van der Waals surface area contributed by atoms with Gasteiger partial charge in [0.15, 0.2) is 0 Å². The highest BCUT2D eigenvalue weighted by molar-refractivity contribution is 7.10. The number of nitrogens with two attached hydrogens (primary N) is 1. The fourth-order valence-electron chi connectivity index (χ4n) is 1.22. The average Bonchev–Trinajstić information content (AvgIpc) is 2.62. The summed E-state index contributed by atoms with van der Waals surface area (Å²) in [5.41, 5.74) is 2.81. The number of hydrazine groups is 1. The van der Waals surface area contributed by atoms with Crippen molar-refractivity contribution in [2.45, 2.75) is 25.8 Å². The molecule has 1 aromatic heterocycles. The number of nitrogens with one attached hydrogen (secondary N) is 1. The molecule has 1 aromatic rings. The highest BCUT2D eigenvalue weighted by Gasteiger charge is 2.10. The van der Waals surface area contributed by atoms with E-state index in [1.807, 2.05) is 11.4 Å². The van der Waals surface area contributed by atoms with Crippen molar-refractivity contribution in [2.75, 3.05) is 7.11 Å². The molecule has 0 saturated carbocycles. The summed E-state index contributed by atoms with van der Waals surface area (Å²) >= 11 is 1.68. The first kappa shape index (κ1) is 10.5. The minimum absolute atomic E-state index is 0.263. The zero-order valence-electron chi connectivity index (χ0n) is 8.04. The van der Waals surface area contributed by atoms with Gasteiger partial charge in [0.2, 0.25) is 0 Å². The van der Waals surface area contributed by atoms with Crippen LogP contribution in [0.4, 0.5) is 0 Å². The minimum atomic E-state index is 0.263. The third-order valence-corrected chi connectivity index (χ3v) is 2.98. The van der Waals surface area contributed by atoms with E-state index in [1.165, 1.54) is 4.88 Å². The lowest BCUT2D eigenvalue weighted by Gasteiger charge is -2.11. The highest BCUT2D eigenvalue weighted by atomic mass is 32.1. The molecule has 1 unspecified atom stereocenters. The van der Waals surface area contributed by atoms with Crippen LogP contribution in [0.3, 0.4) is 0 Å². The number of thiophene rings is 1. The predicted molar refractivity (Wildman–Crippen MR) is 55.8 cm³/mol. The molecule has 0 fully saturated rings. The van der Waals surface area contributed by atoms with Gasteiger partial charge in [-0.2, -0.15) is 0 Å². The maximum Gasteiger partial charge on any atom is 0.129 e. The second kappa shape index (κ2) is 5.21. The Morgan fingerprint density at radius 2 is 2.46 bits per heavy atom. The molecule has 0 aliphatic carbocycles. The summed E-state index contributed by atoms with van der Waals surface area (Å²) < 4.78 is 5.11. The molecule has 13 heavy (non-hydrogen) atoms. The van der Waals surface area contributed by atoms with Crippen LogP contribution in [0.15, 0.2) is 11.4 Å². The molecule has 1 atom stereocenters. The largest absolute Gasteiger partial charge is 0.496 e. The van der Waals surface area contributed by atoms with Crippen LogP contribution in [0.1, 0.15) is 30.7 Å². The van der Waals surface area contributed by atoms with Crippen LogP contribution in [0.25, 0.3) is 0 Å². The van der Waals surface area contributed by atoms with E-state index in [1.54, 1.807) is 18.4 Å². The van der Waals surface area contributed by atoms with Crippen molar-refractivity contribution in [2.24, 2.45) is 5.84 Å². The Bertz CT molecular complexity index is 250. The molecule has 0 aliphatic rings. The Morgan fingerprint density at radius 1 is 1.69 bits per heavy atom. The second-order valence-corrected chi connectivity index (χ2v) is 3.84. The van der Waals surface area contributed by atoms with Crippen LogP contribution in [0.5, 0.6) is 5.75 Å². The van der Waals surface area contributed by atoms with E-state index < -0.39 is 0 Å². The topological polar surface area (TPSA) is 47.3 Å². The third-order valence-electron chi connectivity index (χ3n) is 1.95. The Kier molecular flexibility index (Phi) is 4.21. The Labute approximate surface area is 82.9 Å². The van der Waals surface area contributed by atoms with Crippen molar-refractivity contribution in [1.82, 2.24) is 5.43 Å². The van der Waals surface area contributed by atoms with Crippen LogP contribution < -0.4 is 16.0 Å². The standard InChI is InChI=1S/C9H16N2OS/c1-3-4-8(11-10)9-5-7(12-2)6-13-9/h5-6,8,11H,3-4,10H2,1-2H3. The Morgan fingerprint density at radius 3 is 2.92 bits per heavy atom. The van der Waals surface area contributed by atoms with Crippen molar-refractivity contribution in [3.63, 3.8) is 0 Å². The van der Waals surface area contributed by atoms with Gasteiger partial charge in [0, 0.05) is 10.3 Å².